The van der Waals surface area contributed by atoms with Gasteiger partial charge in [-0.3, -0.25) is 12.2 Å². The third-order valence-electron chi connectivity index (χ3n) is 3.72. The zero-order valence-electron chi connectivity index (χ0n) is 15.0. The molecule has 0 nitrogen and oxygen atoms in total. The minimum atomic E-state index is -0.873. The molecule has 2 rings (SSSR count). The summed E-state index contributed by atoms with van der Waals surface area (Å²) in [6.07, 6.45) is 12.2. The van der Waals surface area contributed by atoms with Crippen LogP contribution in [-0.4, -0.2) is 8.07 Å². The molecule has 0 aromatic rings. The minimum absolute atomic E-state index is 0. The van der Waals surface area contributed by atoms with Crippen molar-refractivity contribution >= 4 is 32.9 Å². The zero-order chi connectivity index (χ0) is 14.6. The van der Waals surface area contributed by atoms with Crippen molar-refractivity contribution in [3.8, 4) is 0 Å². The maximum absolute atomic E-state index is 3.36. The fourth-order valence-electron chi connectivity index (χ4n) is 2.30. The molecule has 0 heterocycles. The molecule has 0 bridgehead atoms. The fraction of sp³-hybridized carbons (Fsp3) is 0.556. The first-order valence-corrected chi connectivity index (χ1v) is 11.0. The second kappa shape index (κ2) is 12.1. The molecule has 0 N–H and O–H groups in total. The molecular formula is C18H30Cl2HfSi-2. The molecule has 0 aromatic heterocycles. The van der Waals surface area contributed by atoms with Gasteiger partial charge in [0.15, 0.2) is 0 Å². The maximum Gasteiger partial charge on any atom is 0.0456 e. The van der Waals surface area contributed by atoms with Gasteiger partial charge in [0.2, 0.25) is 0 Å². The van der Waals surface area contributed by atoms with Crippen LogP contribution in [0.15, 0.2) is 34.4 Å². The predicted molar refractivity (Wildman–Crippen MR) is 103 cm³/mol. The Hall–Kier alpha value is 0.627. The van der Waals surface area contributed by atoms with Crippen LogP contribution in [0.2, 0.25) is 25.7 Å². The van der Waals surface area contributed by atoms with Gasteiger partial charge in [-0.25, -0.2) is 17.2 Å². The van der Waals surface area contributed by atoms with Crippen molar-refractivity contribution in [1.29, 1.82) is 0 Å². The van der Waals surface area contributed by atoms with E-state index in [9.17, 15) is 0 Å². The monoisotopic (exact) mass is 524 g/mol. The normalized spacial score (nSPS) is 19.1. The van der Waals surface area contributed by atoms with Crippen molar-refractivity contribution in [3.63, 3.8) is 0 Å². The van der Waals surface area contributed by atoms with Crippen LogP contribution in [0.25, 0.3) is 0 Å². The van der Waals surface area contributed by atoms with E-state index >= 15 is 0 Å². The van der Waals surface area contributed by atoms with Crippen LogP contribution < -0.4 is 0 Å². The number of hydrogen-bond acceptors (Lipinski definition) is 0. The van der Waals surface area contributed by atoms with E-state index < -0.39 is 8.07 Å². The van der Waals surface area contributed by atoms with E-state index in [1.165, 1.54) is 28.3 Å². The average Bonchev–Trinajstić information content (AvgIpc) is 2.84. The summed E-state index contributed by atoms with van der Waals surface area (Å²) >= 11 is 0. The van der Waals surface area contributed by atoms with Crippen LogP contribution in [0.1, 0.15) is 34.1 Å². The predicted octanol–water partition coefficient (Wildman–Crippen LogP) is 6.58. The largest absolute Gasteiger partial charge is 0.270 e. The van der Waals surface area contributed by atoms with Crippen LogP contribution in [0.3, 0.4) is 0 Å². The van der Waals surface area contributed by atoms with E-state index in [2.05, 4.69) is 71.6 Å². The van der Waals surface area contributed by atoms with Gasteiger partial charge < -0.3 is 0 Å². The summed E-state index contributed by atoms with van der Waals surface area (Å²) in [6.45, 7) is 15.9. The Labute approximate surface area is 170 Å². The SMILES string of the molecule is CC1=[C-]C(C)C(C)=C1C.C[Si](C)(C)CC1=[C-]CC=C1.Cl.Cl.[Hf]. The molecule has 0 aliphatic heterocycles. The van der Waals surface area contributed by atoms with E-state index in [1.807, 2.05) is 0 Å². The molecule has 0 spiro atoms. The van der Waals surface area contributed by atoms with Gasteiger partial charge >= 0.3 is 0 Å². The number of allylic oxidation sites excluding steroid dienone is 8. The molecule has 1 unspecified atom stereocenters. The van der Waals surface area contributed by atoms with Gasteiger partial charge in [0, 0.05) is 33.9 Å². The Morgan fingerprint density at radius 2 is 1.68 bits per heavy atom. The van der Waals surface area contributed by atoms with E-state index in [-0.39, 0.29) is 50.7 Å². The fourth-order valence-corrected chi connectivity index (χ4v) is 3.69. The molecule has 0 saturated carbocycles. The molecule has 126 valence electrons. The summed E-state index contributed by atoms with van der Waals surface area (Å²) < 4.78 is 0. The van der Waals surface area contributed by atoms with Crippen molar-refractivity contribution in [2.75, 3.05) is 0 Å². The Morgan fingerprint density at radius 3 is 1.91 bits per heavy atom. The van der Waals surface area contributed by atoms with Crippen LogP contribution in [-0.2, 0) is 25.8 Å². The molecule has 2 aliphatic rings. The summed E-state index contributed by atoms with van der Waals surface area (Å²) in [6, 6.07) is 1.30. The molecule has 0 amide bonds. The van der Waals surface area contributed by atoms with E-state index in [0.29, 0.717) is 5.92 Å². The molecule has 2 aliphatic carbocycles. The van der Waals surface area contributed by atoms with Gasteiger partial charge in [-0.05, 0) is 0 Å². The molecule has 0 saturated heterocycles. The first kappa shape index (κ1) is 27.5. The smallest absolute Gasteiger partial charge is 0.0456 e. The van der Waals surface area contributed by atoms with Gasteiger partial charge in [-0.1, -0.05) is 52.4 Å². The number of rotatable bonds is 2. The number of halogens is 2. The molecule has 22 heavy (non-hydrogen) atoms. The molecule has 0 fully saturated rings. The van der Waals surface area contributed by atoms with E-state index in [4.69, 9.17) is 0 Å². The zero-order valence-corrected chi connectivity index (χ0v) is 21.2. The molecule has 1 atom stereocenters. The average molecular weight is 524 g/mol. The third-order valence-corrected chi connectivity index (χ3v) is 5.16. The van der Waals surface area contributed by atoms with Crippen LogP contribution in [0.5, 0.6) is 0 Å². The minimum Gasteiger partial charge on any atom is -0.270 e. The Balaban J connectivity index is -0.000000290. The first-order valence-electron chi connectivity index (χ1n) is 7.25. The summed E-state index contributed by atoms with van der Waals surface area (Å²) in [7, 11) is -0.873. The Bertz CT molecular complexity index is 454. The number of hydrogen-bond donors (Lipinski definition) is 0. The van der Waals surface area contributed by atoms with Gasteiger partial charge in [0.1, 0.15) is 0 Å². The summed E-state index contributed by atoms with van der Waals surface area (Å²) in [4.78, 5) is 0. The van der Waals surface area contributed by atoms with E-state index in [0.717, 1.165) is 6.42 Å². The summed E-state index contributed by atoms with van der Waals surface area (Å²) in [5.74, 6) is 0.560. The van der Waals surface area contributed by atoms with Gasteiger partial charge in [-0.2, -0.15) is 17.2 Å². The Morgan fingerprint density at radius 1 is 1.14 bits per heavy atom. The topological polar surface area (TPSA) is 0 Å². The Kier molecular flexibility index (Phi) is 15.1. The standard InChI is InChI=1S/C9H15Si.C9H13.2ClH.Hf/c1-10(2,3)8-9-6-4-5-7-9;1-6-5-7(2)9(4)8(6)3;;;/h4,6H,5,8H2,1-3H3;6H,1-4H3;2*1H;/q2*-1;;;. The van der Waals surface area contributed by atoms with Crippen LogP contribution in [0.4, 0.5) is 0 Å². The van der Waals surface area contributed by atoms with Crippen molar-refractivity contribution in [2.45, 2.75) is 59.8 Å². The maximum atomic E-state index is 3.36. The van der Waals surface area contributed by atoms with Crippen molar-refractivity contribution in [1.82, 2.24) is 0 Å². The first-order chi connectivity index (χ1) is 8.70. The van der Waals surface area contributed by atoms with Gasteiger partial charge in [0.25, 0.3) is 0 Å². The molecule has 0 aromatic carbocycles. The second-order valence-electron chi connectivity index (χ2n) is 6.84. The quantitative estimate of drug-likeness (QED) is 0.283. The van der Waals surface area contributed by atoms with Crippen LogP contribution >= 0.6 is 24.8 Å². The van der Waals surface area contributed by atoms with Crippen molar-refractivity contribution in [2.24, 2.45) is 5.92 Å². The third kappa shape index (κ3) is 9.70. The van der Waals surface area contributed by atoms with Crippen LogP contribution in [0, 0.1) is 18.1 Å². The van der Waals surface area contributed by atoms with Crippen molar-refractivity contribution < 1.29 is 25.8 Å². The molecular weight excluding hydrogens is 494 g/mol. The van der Waals surface area contributed by atoms with Gasteiger partial charge in [0.05, 0.1) is 0 Å². The van der Waals surface area contributed by atoms with Crippen molar-refractivity contribution in [3.05, 3.63) is 46.6 Å². The molecule has 0 radical (unpaired) electrons. The van der Waals surface area contributed by atoms with E-state index in [1.54, 1.807) is 0 Å². The second-order valence-corrected chi connectivity index (χ2v) is 12.3. The molecule has 4 heteroatoms. The summed E-state index contributed by atoms with van der Waals surface area (Å²) in [5, 5.41) is 0. The summed E-state index contributed by atoms with van der Waals surface area (Å²) in [5.41, 5.74) is 5.69. The van der Waals surface area contributed by atoms with Gasteiger partial charge in [-0.15, -0.1) is 38.2 Å².